The van der Waals surface area contributed by atoms with Gasteiger partial charge in [0.2, 0.25) is 0 Å². The van der Waals surface area contributed by atoms with Gasteiger partial charge in [0.05, 0.1) is 0 Å². The number of carbonyl (C=O) groups is 1. The zero-order valence-corrected chi connectivity index (χ0v) is 20.8. The number of carbonyl (C=O) groups excluding carboxylic acids is 1. The summed E-state index contributed by atoms with van der Waals surface area (Å²) in [5.41, 5.74) is -0.246. The van der Waals surface area contributed by atoms with Crippen LogP contribution in [0, 0.1) is 0 Å². The molecule has 1 N–H and O–H groups in total. The molecule has 12 heteroatoms. The van der Waals surface area contributed by atoms with E-state index in [4.69, 9.17) is 0 Å². The number of aromatic amines is 1. The summed E-state index contributed by atoms with van der Waals surface area (Å²) in [5.74, 6) is 0.444. The first kappa shape index (κ1) is 23.9. The van der Waals surface area contributed by atoms with Gasteiger partial charge in [-0.3, -0.25) is 0 Å². The van der Waals surface area contributed by atoms with Gasteiger partial charge in [-0.25, -0.2) is 0 Å². The Balaban J connectivity index is 1.15. The summed E-state index contributed by atoms with van der Waals surface area (Å²) >= 11 is -0.658. The Morgan fingerprint density at radius 2 is 1.86 bits per heavy atom. The maximum atomic E-state index is 13.0. The molecule has 0 aliphatic carbocycles. The van der Waals surface area contributed by atoms with Crippen LogP contribution in [0.5, 0.6) is 0 Å². The van der Waals surface area contributed by atoms with Crippen molar-refractivity contribution in [1.29, 1.82) is 0 Å². The fourth-order valence-corrected chi connectivity index (χ4v) is 8.24. The molecule has 2 atom stereocenters. The SMILES string of the molecule is O=C(CCCCc1n[nH]c(=O)c2ccccc12)N1C2CCC1[I-]N(c1ncc(C(F)(F)F)cn1)C2. The van der Waals surface area contributed by atoms with Crippen LogP contribution in [0.2, 0.25) is 0 Å². The van der Waals surface area contributed by atoms with Crippen molar-refractivity contribution in [3.63, 3.8) is 0 Å². The molecule has 2 saturated heterocycles. The second-order valence-corrected chi connectivity index (χ2v) is 11.8. The van der Waals surface area contributed by atoms with E-state index in [0.717, 1.165) is 42.7 Å². The number of nitrogens with one attached hydrogen (secondary N) is 1. The molecule has 2 aliphatic heterocycles. The number of alkyl halides is 4. The Hall–Kier alpha value is -2.77. The summed E-state index contributed by atoms with van der Waals surface area (Å²) in [6.07, 6.45) is 1.59. The van der Waals surface area contributed by atoms with Crippen molar-refractivity contribution < 1.29 is 39.4 Å². The number of amides is 1. The van der Waals surface area contributed by atoms with Crippen LogP contribution in [-0.2, 0) is 17.4 Å². The third-order valence-corrected chi connectivity index (χ3v) is 9.70. The molecular weight excluding hydrogens is 576 g/mol. The van der Waals surface area contributed by atoms with Crippen molar-refractivity contribution in [2.24, 2.45) is 0 Å². The molecular formula is C23H23F3IN6O2-. The minimum atomic E-state index is -4.46. The first-order valence-electron chi connectivity index (χ1n) is 11.4. The number of halogens is 4. The van der Waals surface area contributed by atoms with E-state index in [1.165, 1.54) is 0 Å². The fraction of sp³-hybridized carbons (Fsp3) is 0.435. The predicted molar refractivity (Wildman–Crippen MR) is 118 cm³/mol. The summed E-state index contributed by atoms with van der Waals surface area (Å²) < 4.78 is 40.5. The fourth-order valence-electron chi connectivity index (χ4n) is 4.61. The van der Waals surface area contributed by atoms with Gasteiger partial charge in [-0.2, -0.15) is 0 Å². The first-order valence-corrected chi connectivity index (χ1v) is 13.6. The summed E-state index contributed by atoms with van der Waals surface area (Å²) in [6.45, 7) is 0.564. The Morgan fingerprint density at radius 3 is 2.57 bits per heavy atom. The van der Waals surface area contributed by atoms with E-state index in [1.54, 1.807) is 6.07 Å². The number of rotatable bonds is 6. The predicted octanol–water partition coefficient (Wildman–Crippen LogP) is 0.286. The molecule has 35 heavy (non-hydrogen) atoms. The zero-order chi connectivity index (χ0) is 24.6. The normalized spacial score (nSPS) is 20.2. The van der Waals surface area contributed by atoms with Crippen molar-refractivity contribution >= 4 is 22.6 Å². The van der Waals surface area contributed by atoms with Gasteiger partial charge < -0.3 is 0 Å². The molecule has 2 unspecified atom stereocenters. The number of unbranched alkanes of at least 4 members (excludes halogenated alkanes) is 1. The number of hydrogen-bond acceptors (Lipinski definition) is 6. The molecule has 4 heterocycles. The van der Waals surface area contributed by atoms with Gasteiger partial charge in [0, 0.05) is 0 Å². The van der Waals surface area contributed by atoms with E-state index in [0.29, 0.717) is 37.1 Å². The number of aryl methyl sites for hydroxylation is 1. The van der Waals surface area contributed by atoms with Crippen LogP contribution in [-0.4, -0.2) is 47.6 Å². The average molecular weight is 599 g/mol. The number of H-pyrrole nitrogens is 1. The molecule has 0 spiro atoms. The van der Waals surface area contributed by atoms with E-state index in [2.05, 4.69) is 20.2 Å². The van der Waals surface area contributed by atoms with Crippen LogP contribution in [0.1, 0.15) is 43.4 Å². The van der Waals surface area contributed by atoms with E-state index in [9.17, 15) is 22.8 Å². The van der Waals surface area contributed by atoms with E-state index >= 15 is 0 Å². The molecule has 1 amide bonds. The topological polar surface area (TPSA) is 95.1 Å². The van der Waals surface area contributed by atoms with Crippen LogP contribution in [0.4, 0.5) is 19.1 Å². The standard InChI is InChI=1S/C23H23F3IN6O2/c24-23(25,26)14-11-28-22(29-12-14)32-13-15-9-10-19(27-32)33(15)20(34)8-4-3-7-18-16-5-1-2-6-17(16)21(35)31-30-18/h1-2,5-6,11-12,15,19H,3-4,7-10,13H2,(H,31,35)/q-1. The summed E-state index contributed by atoms with van der Waals surface area (Å²) in [6, 6.07) is 7.40. The molecule has 0 radical (unpaired) electrons. The molecule has 2 fully saturated rings. The molecule has 2 bridgehead atoms. The van der Waals surface area contributed by atoms with Gasteiger partial charge in [0.15, 0.2) is 0 Å². The number of fused-ring (bicyclic) bond motifs is 3. The molecule has 8 nitrogen and oxygen atoms in total. The second-order valence-electron chi connectivity index (χ2n) is 8.63. The summed E-state index contributed by atoms with van der Waals surface area (Å²) in [4.78, 5) is 34.9. The monoisotopic (exact) mass is 599 g/mol. The van der Waals surface area contributed by atoms with Crippen LogP contribution in [0.25, 0.3) is 10.8 Å². The Labute approximate surface area is 209 Å². The van der Waals surface area contributed by atoms with E-state index in [1.807, 2.05) is 26.2 Å². The van der Waals surface area contributed by atoms with Crippen LogP contribution in [0.3, 0.4) is 0 Å². The Morgan fingerprint density at radius 1 is 1.11 bits per heavy atom. The Kier molecular flexibility index (Phi) is 6.64. The third kappa shape index (κ3) is 4.98. The van der Waals surface area contributed by atoms with Crippen molar-refractivity contribution in [2.75, 3.05) is 9.66 Å². The number of anilines is 1. The molecule has 2 aromatic heterocycles. The van der Waals surface area contributed by atoms with Crippen LogP contribution < -0.4 is 30.2 Å². The van der Waals surface area contributed by atoms with Crippen LogP contribution in [0.15, 0.2) is 41.5 Å². The molecule has 1 aromatic carbocycles. The number of benzene rings is 1. The average Bonchev–Trinajstić information content (AvgIpc) is 3.12. The molecule has 0 saturated carbocycles. The van der Waals surface area contributed by atoms with Gasteiger partial charge in [-0.1, -0.05) is 0 Å². The maximum absolute atomic E-state index is 13.0. The summed E-state index contributed by atoms with van der Waals surface area (Å²) in [5, 5.41) is 8.19. The van der Waals surface area contributed by atoms with Gasteiger partial charge in [-0.05, 0) is 0 Å². The van der Waals surface area contributed by atoms with Crippen molar-refractivity contribution in [1.82, 2.24) is 25.1 Å². The number of hydrogen-bond donors (Lipinski definition) is 1. The molecule has 2 aliphatic rings. The number of nitrogens with zero attached hydrogens (tertiary/aromatic N) is 5. The van der Waals surface area contributed by atoms with Gasteiger partial charge >= 0.3 is 210 Å². The molecule has 5 rings (SSSR count). The number of aromatic nitrogens is 4. The van der Waals surface area contributed by atoms with Crippen molar-refractivity contribution in [2.45, 2.75) is 54.8 Å². The second kappa shape index (κ2) is 9.70. The first-order chi connectivity index (χ1) is 16.8. The molecule has 186 valence electrons. The quantitative estimate of drug-likeness (QED) is 0.144. The molecule has 3 aromatic rings. The van der Waals surface area contributed by atoms with Gasteiger partial charge in [-0.15, -0.1) is 0 Å². The minimum absolute atomic E-state index is 0.0386. The zero-order valence-electron chi connectivity index (χ0n) is 18.6. The summed E-state index contributed by atoms with van der Waals surface area (Å²) in [7, 11) is 0. The van der Waals surface area contributed by atoms with E-state index in [-0.39, 0.29) is 21.6 Å². The van der Waals surface area contributed by atoms with E-state index < -0.39 is 33.2 Å². The third-order valence-electron chi connectivity index (χ3n) is 6.33. The van der Waals surface area contributed by atoms with Crippen molar-refractivity contribution in [3.8, 4) is 0 Å². The van der Waals surface area contributed by atoms with Gasteiger partial charge in [0.25, 0.3) is 0 Å². The Bertz CT molecular complexity index is 1270. The van der Waals surface area contributed by atoms with Crippen LogP contribution >= 0.6 is 0 Å². The van der Waals surface area contributed by atoms with Crippen molar-refractivity contribution in [3.05, 3.63) is 58.3 Å². The van der Waals surface area contributed by atoms with Gasteiger partial charge in [0.1, 0.15) is 0 Å².